The molecule has 1 N–H and O–H groups in total. The largest absolute Gasteiger partial charge is 0.478 e. The highest BCUT2D eigenvalue weighted by atomic mass is 19.1. The molecular weight excluding hydrogens is 563 g/mol. The fraction of sp³-hybridized carbons (Fsp3) is 0.455. The van der Waals surface area contributed by atoms with Crippen LogP contribution in [0, 0.1) is 12.7 Å². The average Bonchev–Trinajstić information content (AvgIpc) is 3.39. The third kappa shape index (κ3) is 6.25. The molecule has 0 spiro atoms. The lowest BCUT2D eigenvalue weighted by Gasteiger charge is -2.39. The van der Waals surface area contributed by atoms with Crippen molar-refractivity contribution in [1.82, 2.24) is 24.7 Å². The van der Waals surface area contributed by atoms with Gasteiger partial charge in [-0.3, -0.25) is 4.90 Å². The molecule has 3 saturated heterocycles. The summed E-state index contributed by atoms with van der Waals surface area (Å²) < 4.78 is 20.7. The highest BCUT2D eigenvalue weighted by molar-refractivity contribution is 5.88. The van der Waals surface area contributed by atoms with Gasteiger partial charge >= 0.3 is 12.0 Å². The third-order valence-electron chi connectivity index (χ3n) is 9.16. The monoisotopic (exact) mass is 602 g/mol. The van der Waals surface area contributed by atoms with Crippen LogP contribution in [-0.4, -0.2) is 93.8 Å². The lowest BCUT2D eigenvalue weighted by molar-refractivity contribution is 0.0493. The summed E-state index contributed by atoms with van der Waals surface area (Å²) in [5.74, 6) is -0.699. The van der Waals surface area contributed by atoms with Gasteiger partial charge in [0.2, 0.25) is 5.95 Å². The normalized spacial score (nSPS) is 20.3. The summed E-state index contributed by atoms with van der Waals surface area (Å²) >= 11 is 0. The maximum atomic E-state index is 15.2. The van der Waals surface area contributed by atoms with E-state index >= 15 is 4.39 Å². The molecule has 0 aliphatic carbocycles. The van der Waals surface area contributed by atoms with Gasteiger partial charge in [-0.2, -0.15) is 0 Å². The van der Waals surface area contributed by atoms with Crippen molar-refractivity contribution in [2.75, 3.05) is 44.8 Å². The number of anilines is 2. The number of urea groups is 1. The third-order valence-corrected chi connectivity index (χ3v) is 9.16. The highest BCUT2D eigenvalue weighted by Crippen LogP contribution is 2.38. The molecule has 2 aromatic carbocycles. The first-order valence-electron chi connectivity index (χ1n) is 15.3. The number of likely N-dealkylation sites (tertiary alicyclic amines) is 1. The number of ether oxygens (including phenoxy) is 1. The minimum absolute atomic E-state index is 0.0203. The molecule has 6 rings (SSSR count). The molecule has 2 amide bonds. The van der Waals surface area contributed by atoms with Crippen molar-refractivity contribution in [2.24, 2.45) is 0 Å². The highest BCUT2D eigenvalue weighted by Gasteiger charge is 2.46. The lowest BCUT2D eigenvalue weighted by atomic mass is 9.97. The zero-order valence-electron chi connectivity index (χ0n) is 25.2. The van der Waals surface area contributed by atoms with Crippen LogP contribution in [0.25, 0.3) is 0 Å². The van der Waals surface area contributed by atoms with Gasteiger partial charge in [0.05, 0.1) is 11.6 Å². The number of carbonyl (C=O) groups is 2. The Balaban J connectivity index is 1.10. The van der Waals surface area contributed by atoms with Crippen LogP contribution >= 0.6 is 0 Å². The van der Waals surface area contributed by atoms with Gasteiger partial charge in [-0.05, 0) is 62.9 Å². The van der Waals surface area contributed by atoms with Crippen LogP contribution in [0.3, 0.4) is 0 Å². The van der Waals surface area contributed by atoms with E-state index in [1.54, 1.807) is 30.3 Å². The number of carbonyl (C=O) groups excluding carboxylic acids is 1. The predicted molar refractivity (Wildman–Crippen MR) is 163 cm³/mol. The van der Waals surface area contributed by atoms with Crippen LogP contribution in [0.4, 0.5) is 20.8 Å². The number of benzene rings is 2. The topological polar surface area (TPSA) is 102 Å². The number of aryl methyl sites for hydroxylation is 1. The van der Waals surface area contributed by atoms with Crippen molar-refractivity contribution in [3.05, 3.63) is 82.9 Å². The summed E-state index contributed by atoms with van der Waals surface area (Å²) in [6, 6.07) is 11.7. The zero-order chi connectivity index (χ0) is 30.8. The standard InChI is InChI=1S/C33H39FN6O4/c1-22-3-8-29(34)28(17-22)30-21-39(26-11-15-44-16-12-26)33(43)40(30)27-9-13-38(14-10-27)20-23-18-35-32(36-19-23)37(2)25-6-4-24(5-7-25)31(41)42/h3-8,17-19,26-27,30H,9-16,20-21H2,1-2H3,(H,41,42). The number of carboxylic acids is 1. The van der Waals surface area contributed by atoms with Crippen LogP contribution in [-0.2, 0) is 11.3 Å². The van der Waals surface area contributed by atoms with Gasteiger partial charge in [0, 0.05) is 87.7 Å². The molecule has 3 aliphatic heterocycles. The van der Waals surface area contributed by atoms with Crippen LogP contribution in [0.15, 0.2) is 54.9 Å². The average molecular weight is 603 g/mol. The molecule has 44 heavy (non-hydrogen) atoms. The van der Waals surface area contributed by atoms with E-state index in [4.69, 9.17) is 9.84 Å². The molecule has 0 radical (unpaired) electrons. The number of amides is 2. The molecule has 0 bridgehead atoms. The van der Waals surface area contributed by atoms with Crippen LogP contribution in [0.5, 0.6) is 0 Å². The summed E-state index contributed by atoms with van der Waals surface area (Å²) in [5.41, 5.74) is 3.61. The van der Waals surface area contributed by atoms with Crippen molar-refractivity contribution in [1.29, 1.82) is 0 Å². The molecule has 1 atom stereocenters. The molecule has 3 fully saturated rings. The number of rotatable bonds is 8. The summed E-state index contributed by atoms with van der Waals surface area (Å²) in [6.07, 6.45) is 6.89. The molecule has 232 valence electrons. The first-order chi connectivity index (χ1) is 21.3. The van der Waals surface area contributed by atoms with E-state index < -0.39 is 5.97 Å². The molecular formula is C33H39FN6O4. The SMILES string of the molecule is Cc1ccc(F)c(C2CN(C3CCOCC3)C(=O)N2C2CCN(Cc3cnc(N(C)c4ccc(C(=O)O)cc4)nc3)CC2)c1. The predicted octanol–water partition coefficient (Wildman–Crippen LogP) is 5.01. The molecule has 11 heteroatoms. The van der Waals surface area contributed by atoms with Crippen molar-refractivity contribution in [3.8, 4) is 0 Å². The van der Waals surface area contributed by atoms with Gasteiger partial charge in [-0.15, -0.1) is 0 Å². The number of hydrogen-bond donors (Lipinski definition) is 1. The van der Waals surface area contributed by atoms with Crippen molar-refractivity contribution in [3.63, 3.8) is 0 Å². The lowest BCUT2D eigenvalue weighted by Crippen LogP contribution is -2.48. The fourth-order valence-electron chi connectivity index (χ4n) is 6.67. The van der Waals surface area contributed by atoms with Crippen molar-refractivity contribution >= 4 is 23.6 Å². The van der Waals surface area contributed by atoms with Crippen LogP contribution in [0.2, 0.25) is 0 Å². The van der Waals surface area contributed by atoms with Gasteiger partial charge in [-0.25, -0.2) is 23.9 Å². The van der Waals surface area contributed by atoms with Gasteiger partial charge in [0.25, 0.3) is 0 Å². The van der Waals surface area contributed by atoms with E-state index in [0.717, 1.165) is 55.6 Å². The van der Waals surface area contributed by atoms with E-state index in [2.05, 4.69) is 14.9 Å². The van der Waals surface area contributed by atoms with Crippen LogP contribution in [0.1, 0.15) is 58.8 Å². The van der Waals surface area contributed by atoms with Gasteiger partial charge < -0.3 is 24.5 Å². The maximum absolute atomic E-state index is 15.2. The Morgan fingerprint density at radius 2 is 1.70 bits per heavy atom. The Hall–Kier alpha value is -4.09. The maximum Gasteiger partial charge on any atom is 0.335 e. The fourth-order valence-corrected chi connectivity index (χ4v) is 6.67. The molecule has 4 heterocycles. The number of hydrogen-bond acceptors (Lipinski definition) is 7. The number of aromatic carboxylic acids is 1. The minimum Gasteiger partial charge on any atom is -0.478 e. The van der Waals surface area contributed by atoms with Gasteiger partial charge in [0.15, 0.2) is 0 Å². The Labute approximate surface area is 257 Å². The summed E-state index contributed by atoms with van der Waals surface area (Å²) in [6.45, 7) is 6.09. The number of aromatic nitrogens is 2. The number of halogens is 1. The van der Waals surface area contributed by atoms with E-state index in [9.17, 15) is 9.59 Å². The second-order valence-electron chi connectivity index (χ2n) is 12.0. The Morgan fingerprint density at radius 1 is 1.02 bits per heavy atom. The second-order valence-corrected chi connectivity index (χ2v) is 12.0. The Morgan fingerprint density at radius 3 is 2.36 bits per heavy atom. The first-order valence-corrected chi connectivity index (χ1v) is 15.3. The smallest absolute Gasteiger partial charge is 0.335 e. The van der Waals surface area contributed by atoms with E-state index in [-0.39, 0.29) is 35.5 Å². The van der Waals surface area contributed by atoms with Gasteiger partial charge in [0.1, 0.15) is 5.82 Å². The molecule has 3 aliphatic rings. The molecule has 3 aromatic rings. The quantitative estimate of drug-likeness (QED) is 0.384. The molecule has 0 saturated carbocycles. The molecule has 1 unspecified atom stereocenters. The number of nitrogens with zero attached hydrogens (tertiary/aromatic N) is 6. The summed E-state index contributed by atoms with van der Waals surface area (Å²) in [5, 5.41) is 9.14. The summed E-state index contributed by atoms with van der Waals surface area (Å²) in [7, 11) is 1.84. The molecule has 1 aromatic heterocycles. The van der Waals surface area contributed by atoms with Crippen molar-refractivity contribution in [2.45, 2.75) is 57.3 Å². The van der Waals surface area contributed by atoms with E-state index in [1.807, 2.05) is 47.1 Å². The second kappa shape index (κ2) is 12.9. The van der Waals surface area contributed by atoms with E-state index in [0.29, 0.717) is 37.8 Å². The van der Waals surface area contributed by atoms with Crippen molar-refractivity contribution < 1.29 is 23.8 Å². The Kier molecular flexibility index (Phi) is 8.76. The number of piperidine rings is 1. The first kappa shape index (κ1) is 30.0. The Bertz CT molecular complexity index is 1470. The van der Waals surface area contributed by atoms with Gasteiger partial charge in [-0.1, -0.05) is 17.7 Å². The van der Waals surface area contributed by atoms with E-state index in [1.165, 1.54) is 6.07 Å². The molecule has 10 nitrogen and oxygen atoms in total. The zero-order valence-corrected chi connectivity index (χ0v) is 25.2. The number of carboxylic acid groups (broad SMARTS) is 1. The van der Waals surface area contributed by atoms with Crippen LogP contribution < -0.4 is 4.90 Å². The summed E-state index contributed by atoms with van der Waals surface area (Å²) in [4.78, 5) is 42.3. The minimum atomic E-state index is -0.965.